The fraction of sp³-hybridized carbons (Fsp3) is 0.167. The summed E-state index contributed by atoms with van der Waals surface area (Å²) in [5.41, 5.74) is 3.75. The Labute approximate surface area is 161 Å². The molecule has 8 heteroatoms. The number of imidazole rings is 1. The first-order valence-electron chi connectivity index (χ1n) is 8.20. The van der Waals surface area contributed by atoms with Gasteiger partial charge in [0.25, 0.3) is 0 Å². The number of benzene rings is 1. The van der Waals surface area contributed by atoms with Crippen molar-refractivity contribution in [2.24, 2.45) is 0 Å². The molecule has 3 aromatic heterocycles. The molecule has 1 aliphatic rings. The van der Waals surface area contributed by atoms with Crippen LogP contribution in [0.25, 0.3) is 17.0 Å². The highest BCUT2D eigenvalue weighted by Gasteiger charge is 2.33. The molecule has 0 saturated carbocycles. The van der Waals surface area contributed by atoms with Crippen LogP contribution in [0.3, 0.4) is 0 Å². The first-order chi connectivity index (χ1) is 12.6. The Morgan fingerprint density at radius 2 is 2.12 bits per heavy atom. The van der Waals surface area contributed by atoms with Gasteiger partial charge in [0.2, 0.25) is 11.9 Å². The van der Waals surface area contributed by atoms with Crippen LogP contribution in [0.5, 0.6) is 0 Å². The highest BCUT2D eigenvalue weighted by atomic mass is 79.9. The van der Waals surface area contributed by atoms with Gasteiger partial charge >= 0.3 is 0 Å². The lowest BCUT2D eigenvalue weighted by Gasteiger charge is -2.22. The number of thiophene rings is 1. The maximum atomic E-state index is 12.4. The number of para-hydroxylation sites is 2. The summed E-state index contributed by atoms with van der Waals surface area (Å²) in [4.78, 5) is 21.4. The molecule has 0 aliphatic carbocycles. The number of hydrogen-bond donors (Lipinski definition) is 2. The summed E-state index contributed by atoms with van der Waals surface area (Å²) in [6.45, 7) is 1.98. The van der Waals surface area contributed by atoms with E-state index in [2.05, 4.69) is 42.4 Å². The van der Waals surface area contributed by atoms with Crippen molar-refractivity contribution >= 4 is 50.0 Å². The molecule has 1 aliphatic heterocycles. The summed E-state index contributed by atoms with van der Waals surface area (Å²) in [6.07, 6.45) is 0.423. The fourth-order valence-corrected chi connectivity index (χ4v) is 5.03. The maximum Gasteiger partial charge on any atom is 0.231 e. The van der Waals surface area contributed by atoms with Crippen molar-refractivity contribution in [2.75, 3.05) is 5.32 Å². The minimum Gasteiger partial charge on any atom is -0.322 e. The van der Waals surface area contributed by atoms with E-state index in [1.165, 1.54) is 0 Å². The topological polar surface area (TPSA) is 75.6 Å². The number of carbonyl (C=O) groups is 1. The Bertz CT molecular complexity index is 1120. The van der Waals surface area contributed by atoms with E-state index >= 15 is 0 Å². The number of rotatable bonds is 2. The molecule has 5 rings (SSSR count). The monoisotopic (exact) mass is 427 g/mol. The summed E-state index contributed by atoms with van der Waals surface area (Å²) < 4.78 is 2.76. The third-order valence-electron chi connectivity index (χ3n) is 4.62. The highest BCUT2D eigenvalue weighted by molar-refractivity contribution is 9.11. The lowest BCUT2D eigenvalue weighted by atomic mass is 9.91. The Balaban J connectivity index is 1.69. The average molecular weight is 428 g/mol. The van der Waals surface area contributed by atoms with Gasteiger partial charge in [0.15, 0.2) is 0 Å². The predicted octanol–water partition coefficient (Wildman–Crippen LogP) is 4.36. The third-order valence-corrected chi connectivity index (χ3v) is 6.35. The number of carbonyl (C=O) groups excluding carboxylic acids is 1. The molecule has 1 atom stereocenters. The van der Waals surface area contributed by atoms with Crippen molar-refractivity contribution in [3.8, 4) is 5.95 Å². The largest absolute Gasteiger partial charge is 0.322 e. The Morgan fingerprint density at radius 3 is 2.88 bits per heavy atom. The zero-order valence-corrected chi connectivity index (χ0v) is 16.2. The molecule has 0 spiro atoms. The van der Waals surface area contributed by atoms with Crippen molar-refractivity contribution in [3.05, 3.63) is 56.3 Å². The number of anilines is 1. The third kappa shape index (κ3) is 2.40. The van der Waals surface area contributed by atoms with Crippen LogP contribution in [-0.2, 0) is 4.79 Å². The Kier molecular flexibility index (Phi) is 3.51. The molecule has 2 N–H and O–H groups in total. The first-order valence-corrected chi connectivity index (χ1v) is 9.81. The van der Waals surface area contributed by atoms with Crippen molar-refractivity contribution in [2.45, 2.75) is 19.3 Å². The molecule has 0 fully saturated rings. The van der Waals surface area contributed by atoms with Gasteiger partial charge in [-0.15, -0.1) is 11.3 Å². The number of aromatic nitrogens is 4. The van der Waals surface area contributed by atoms with Crippen LogP contribution in [0, 0.1) is 6.92 Å². The van der Waals surface area contributed by atoms with Crippen molar-refractivity contribution in [3.63, 3.8) is 0 Å². The van der Waals surface area contributed by atoms with Crippen molar-refractivity contribution < 1.29 is 4.79 Å². The molecule has 1 amide bonds. The second-order valence-electron chi connectivity index (χ2n) is 6.28. The number of aromatic amines is 1. The SMILES string of the molecule is Cc1nn(-c2nc3ccccc3[nH]2)c2c1C(c1ccc(Br)s1)CC(=O)N2. The molecule has 26 heavy (non-hydrogen) atoms. The number of nitrogens with one attached hydrogen (secondary N) is 2. The lowest BCUT2D eigenvalue weighted by molar-refractivity contribution is -0.116. The van der Waals surface area contributed by atoms with Gasteiger partial charge in [0.1, 0.15) is 5.82 Å². The second kappa shape index (κ2) is 5.78. The van der Waals surface area contributed by atoms with Gasteiger partial charge < -0.3 is 10.3 Å². The lowest BCUT2D eigenvalue weighted by Crippen LogP contribution is -2.24. The number of amides is 1. The van der Waals surface area contributed by atoms with Crippen molar-refractivity contribution in [1.29, 1.82) is 0 Å². The van der Waals surface area contributed by atoms with Crippen LogP contribution in [0.1, 0.15) is 28.5 Å². The number of hydrogen-bond acceptors (Lipinski definition) is 4. The maximum absolute atomic E-state index is 12.4. The number of fused-ring (bicyclic) bond motifs is 2. The molecule has 0 bridgehead atoms. The van der Waals surface area contributed by atoms with Crippen LogP contribution >= 0.6 is 27.3 Å². The summed E-state index contributed by atoms with van der Waals surface area (Å²) in [5, 5.41) is 7.67. The normalized spacial score (nSPS) is 16.7. The van der Waals surface area contributed by atoms with E-state index < -0.39 is 0 Å². The molecule has 0 radical (unpaired) electrons. The summed E-state index contributed by atoms with van der Waals surface area (Å²) in [6, 6.07) is 11.9. The smallest absolute Gasteiger partial charge is 0.231 e. The van der Waals surface area contributed by atoms with Crippen LogP contribution in [0.15, 0.2) is 40.2 Å². The van der Waals surface area contributed by atoms with E-state index in [-0.39, 0.29) is 11.8 Å². The van der Waals surface area contributed by atoms with E-state index in [9.17, 15) is 4.79 Å². The van der Waals surface area contributed by atoms with Crippen LogP contribution in [0.4, 0.5) is 5.82 Å². The van der Waals surface area contributed by atoms with E-state index in [0.717, 1.165) is 31.0 Å². The van der Waals surface area contributed by atoms with Gasteiger partial charge in [-0.05, 0) is 47.1 Å². The molecule has 1 unspecified atom stereocenters. The quantitative estimate of drug-likeness (QED) is 0.498. The predicted molar refractivity (Wildman–Crippen MR) is 105 cm³/mol. The van der Waals surface area contributed by atoms with Gasteiger partial charge in [-0.25, -0.2) is 4.98 Å². The zero-order valence-electron chi connectivity index (χ0n) is 13.8. The molecule has 4 aromatic rings. The van der Waals surface area contributed by atoms with Gasteiger partial charge in [0.05, 0.1) is 20.5 Å². The minimum atomic E-state index is -0.00992. The Morgan fingerprint density at radius 1 is 1.27 bits per heavy atom. The second-order valence-corrected chi connectivity index (χ2v) is 8.78. The van der Waals surface area contributed by atoms with E-state index in [0.29, 0.717) is 18.2 Å². The van der Waals surface area contributed by atoms with Crippen LogP contribution in [-0.4, -0.2) is 25.7 Å². The molecule has 130 valence electrons. The Hall–Kier alpha value is -2.45. The zero-order chi connectivity index (χ0) is 17.8. The van der Waals surface area contributed by atoms with Crippen LogP contribution < -0.4 is 5.32 Å². The highest BCUT2D eigenvalue weighted by Crippen LogP contribution is 2.43. The van der Waals surface area contributed by atoms with Gasteiger partial charge in [-0.2, -0.15) is 9.78 Å². The van der Waals surface area contributed by atoms with Gasteiger partial charge in [-0.3, -0.25) is 4.79 Å². The standard InChI is InChI=1S/C18H14BrN5OS/c1-9-16-10(13-6-7-14(19)26-13)8-15(25)22-17(16)24(23-9)18-20-11-4-2-3-5-12(11)21-18/h2-7,10H,8H2,1H3,(H,20,21)(H,22,25). The molecular formula is C18H14BrN5OS. The summed E-state index contributed by atoms with van der Waals surface area (Å²) in [7, 11) is 0. The summed E-state index contributed by atoms with van der Waals surface area (Å²) >= 11 is 5.17. The summed E-state index contributed by atoms with van der Waals surface area (Å²) in [5.74, 6) is 1.30. The molecule has 6 nitrogen and oxygen atoms in total. The van der Waals surface area contributed by atoms with E-state index in [4.69, 9.17) is 0 Å². The molecule has 4 heterocycles. The number of halogens is 1. The number of nitrogens with zero attached hydrogens (tertiary/aromatic N) is 3. The number of aryl methyl sites for hydroxylation is 1. The number of H-pyrrole nitrogens is 1. The average Bonchev–Trinajstić information content (AvgIpc) is 3.31. The van der Waals surface area contributed by atoms with E-state index in [1.807, 2.05) is 37.3 Å². The van der Waals surface area contributed by atoms with Crippen molar-refractivity contribution in [1.82, 2.24) is 19.7 Å². The molecule has 0 saturated heterocycles. The fourth-order valence-electron chi connectivity index (χ4n) is 3.50. The first kappa shape index (κ1) is 15.8. The van der Waals surface area contributed by atoms with Gasteiger partial charge in [-0.1, -0.05) is 12.1 Å². The molecular weight excluding hydrogens is 414 g/mol. The molecule has 1 aromatic carbocycles. The van der Waals surface area contributed by atoms with E-state index in [1.54, 1.807) is 16.0 Å². The van der Waals surface area contributed by atoms with Crippen LogP contribution in [0.2, 0.25) is 0 Å². The minimum absolute atomic E-state index is 0.00757. The van der Waals surface area contributed by atoms with Gasteiger partial charge in [0, 0.05) is 22.8 Å².